The molecule has 0 radical (unpaired) electrons. The summed E-state index contributed by atoms with van der Waals surface area (Å²) in [4.78, 5) is 21.1. The summed E-state index contributed by atoms with van der Waals surface area (Å²) >= 11 is 2.83. The molecule has 0 aromatic carbocycles. The maximum absolute atomic E-state index is 12.2. The Labute approximate surface area is 135 Å². The SMILES string of the molecule is Cn1c(SCc2nc(C(C)(C)C)no2)nc2ccsc2c1=O. The zero-order chi connectivity index (χ0) is 15.9. The lowest BCUT2D eigenvalue weighted by Crippen LogP contribution is -2.18. The summed E-state index contributed by atoms with van der Waals surface area (Å²) in [5.74, 6) is 1.70. The minimum atomic E-state index is -0.146. The van der Waals surface area contributed by atoms with E-state index in [1.165, 1.54) is 23.1 Å². The number of fused-ring (bicyclic) bond motifs is 1. The number of nitrogens with zero attached hydrogens (tertiary/aromatic N) is 4. The number of hydrogen-bond donors (Lipinski definition) is 0. The first kappa shape index (κ1) is 15.2. The first-order valence-electron chi connectivity index (χ1n) is 6.76. The highest BCUT2D eigenvalue weighted by Gasteiger charge is 2.21. The van der Waals surface area contributed by atoms with Crippen LogP contribution in [0.5, 0.6) is 0 Å². The van der Waals surface area contributed by atoms with Crippen LogP contribution in [0.25, 0.3) is 10.2 Å². The van der Waals surface area contributed by atoms with E-state index >= 15 is 0 Å². The highest BCUT2D eigenvalue weighted by Crippen LogP contribution is 2.24. The lowest BCUT2D eigenvalue weighted by molar-refractivity contribution is 0.372. The molecule has 0 unspecified atom stereocenters. The maximum atomic E-state index is 12.2. The maximum Gasteiger partial charge on any atom is 0.271 e. The van der Waals surface area contributed by atoms with Gasteiger partial charge in [-0.05, 0) is 11.4 Å². The van der Waals surface area contributed by atoms with Crippen molar-refractivity contribution in [2.24, 2.45) is 7.05 Å². The highest BCUT2D eigenvalue weighted by atomic mass is 32.2. The molecule has 0 fully saturated rings. The Hall–Kier alpha value is -1.67. The van der Waals surface area contributed by atoms with Gasteiger partial charge in [-0.15, -0.1) is 11.3 Å². The topological polar surface area (TPSA) is 73.8 Å². The molecule has 0 saturated carbocycles. The first-order valence-corrected chi connectivity index (χ1v) is 8.63. The van der Waals surface area contributed by atoms with Crippen molar-refractivity contribution >= 4 is 33.3 Å². The van der Waals surface area contributed by atoms with Crippen LogP contribution in [0.4, 0.5) is 0 Å². The molecular formula is C14H16N4O2S2. The predicted octanol–water partition coefficient (Wildman–Crippen LogP) is 2.97. The van der Waals surface area contributed by atoms with Crippen molar-refractivity contribution in [2.75, 3.05) is 0 Å². The Morgan fingerprint density at radius 3 is 2.82 bits per heavy atom. The molecule has 3 heterocycles. The highest BCUT2D eigenvalue weighted by molar-refractivity contribution is 7.98. The van der Waals surface area contributed by atoms with Crippen molar-refractivity contribution in [3.8, 4) is 0 Å². The third-order valence-electron chi connectivity index (χ3n) is 3.11. The van der Waals surface area contributed by atoms with Crippen LogP contribution in [0.15, 0.2) is 25.9 Å². The summed E-state index contributed by atoms with van der Waals surface area (Å²) in [6.45, 7) is 6.10. The predicted molar refractivity (Wildman–Crippen MR) is 87.4 cm³/mol. The van der Waals surface area contributed by atoms with Gasteiger partial charge in [-0.1, -0.05) is 37.7 Å². The molecule has 3 aromatic heterocycles. The van der Waals surface area contributed by atoms with Gasteiger partial charge in [0.1, 0.15) is 4.70 Å². The van der Waals surface area contributed by atoms with Crippen molar-refractivity contribution in [3.63, 3.8) is 0 Å². The van der Waals surface area contributed by atoms with Crippen LogP contribution in [-0.4, -0.2) is 19.7 Å². The molecule has 0 atom stereocenters. The fourth-order valence-corrected chi connectivity index (χ4v) is 3.46. The number of thioether (sulfide) groups is 1. The zero-order valence-corrected chi connectivity index (χ0v) is 14.4. The van der Waals surface area contributed by atoms with Gasteiger partial charge < -0.3 is 4.52 Å². The molecule has 8 heteroatoms. The molecule has 0 spiro atoms. The quantitative estimate of drug-likeness (QED) is 0.541. The van der Waals surface area contributed by atoms with Gasteiger partial charge in [0.15, 0.2) is 11.0 Å². The fraction of sp³-hybridized carbons (Fsp3) is 0.429. The molecule has 116 valence electrons. The van der Waals surface area contributed by atoms with Gasteiger partial charge >= 0.3 is 0 Å². The molecule has 6 nitrogen and oxygen atoms in total. The van der Waals surface area contributed by atoms with Crippen molar-refractivity contribution in [3.05, 3.63) is 33.5 Å². The number of aromatic nitrogens is 4. The normalized spacial score (nSPS) is 12.2. The number of hydrogen-bond acceptors (Lipinski definition) is 7. The van der Waals surface area contributed by atoms with Crippen molar-refractivity contribution in [1.82, 2.24) is 19.7 Å². The van der Waals surface area contributed by atoms with Crippen LogP contribution in [0.2, 0.25) is 0 Å². The van der Waals surface area contributed by atoms with Gasteiger partial charge in [0, 0.05) is 12.5 Å². The van der Waals surface area contributed by atoms with E-state index in [1.54, 1.807) is 11.6 Å². The first-order chi connectivity index (χ1) is 10.4. The van der Waals surface area contributed by atoms with Crippen molar-refractivity contribution in [2.45, 2.75) is 37.1 Å². The second-order valence-electron chi connectivity index (χ2n) is 5.94. The lowest BCUT2D eigenvalue weighted by Gasteiger charge is -2.10. The molecule has 0 N–H and O–H groups in total. The van der Waals surface area contributed by atoms with Gasteiger partial charge in [0.05, 0.1) is 11.3 Å². The van der Waals surface area contributed by atoms with E-state index in [9.17, 15) is 4.79 Å². The monoisotopic (exact) mass is 336 g/mol. The minimum absolute atomic E-state index is 0.0246. The standard InChI is InChI=1S/C14H16N4O2S2/c1-14(2,3)12-16-9(20-17-12)7-22-13-15-8-5-6-21-10(8)11(19)18(13)4/h5-6H,7H2,1-4H3. The summed E-state index contributed by atoms with van der Waals surface area (Å²) in [6.07, 6.45) is 0. The fourth-order valence-electron chi connectivity index (χ4n) is 1.84. The minimum Gasteiger partial charge on any atom is -0.338 e. The van der Waals surface area contributed by atoms with Gasteiger partial charge in [-0.2, -0.15) is 4.98 Å². The van der Waals surface area contributed by atoms with Crippen LogP contribution >= 0.6 is 23.1 Å². The van der Waals surface area contributed by atoms with Gasteiger partial charge in [0.2, 0.25) is 5.89 Å². The zero-order valence-electron chi connectivity index (χ0n) is 12.8. The third kappa shape index (κ3) is 2.80. The van der Waals surface area contributed by atoms with Crippen molar-refractivity contribution < 1.29 is 4.52 Å². The Bertz CT molecular complexity index is 873. The van der Waals surface area contributed by atoms with E-state index in [4.69, 9.17) is 4.52 Å². The summed E-state index contributed by atoms with van der Waals surface area (Å²) in [5, 5.41) is 6.52. The molecule has 3 aromatic rings. The van der Waals surface area contributed by atoms with E-state index in [2.05, 4.69) is 15.1 Å². The van der Waals surface area contributed by atoms with Gasteiger partial charge in [0.25, 0.3) is 5.56 Å². The van der Waals surface area contributed by atoms with E-state index in [1.807, 2.05) is 32.2 Å². The van der Waals surface area contributed by atoms with E-state index < -0.39 is 0 Å². The summed E-state index contributed by atoms with van der Waals surface area (Å²) in [6, 6.07) is 1.86. The summed E-state index contributed by atoms with van der Waals surface area (Å²) in [7, 11) is 1.73. The molecular weight excluding hydrogens is 320 g/mol. The Morgan fingerprint density at radius 2 is 2.14 bits per heavy atom. The average molecular weight is 336 g/mol. The molecule has 0 saturated heterocycles. The average Bonchev–Trinajstić information content (AvgIpc) is 3.09. The molecule has 0 amide bonds. The van der Waals surface area contributed by atoms with Crippen LogP contribution in [0, 0.1) is 0 Å². The molecule has 0 aliphatic rings. The van der Waals surface area contributed by atoms with E-state index in [0.717, 1.165) is 5.52 Å². The summed E-state index contributed by atoms with van der Waals surface area (Å²) < 4.78 is 7.50. The Kier molecular flexibility index (Phi) is 3.82. The largest absolute Gasteiger partial charge is 0.338 e. The van der Waals surface area contributed by atoms with Gasteiger partial charge in [-0.3, -0.25) is 9.36 Å². The molecule has 0 aliphatic heterocycles. The Balaban J connectivity index is 1.83. The van der Waals surface area contributed by atoms with Crippen molar-refractivity contribution in [1.29, 1.82) is 0 Å². The van der Waals surface area contributed by atoms with E-state index in [-0.39, 0.29) is 11.0 Å². The second-order valence-corrected chi connectivity index (χ2v) is 7.80. The molecule has 22 heavy (non-hydrogen) atoms. The number of thiophene rings is 1. The molecule has 0 bridgehead atoms. The van der Waals surface area contributed by atoms with Crippen LogP contribution < -0.4 is 5.56 Å². The summed E-state index contributed by atoms with van der Waals surface area (Å²) in [5.41, 5.74) is 0.563. The smallest absolute Gasteiger partial charge is 0.271 e. The van der Waals surface area contributed by atoms with Crippen LogP contribution in [0.3, 0.4) is 0 Å². The van der Waals surface area contributed by atoms with Crippen LogP contribution in [-0.2, 0) is 18.2 Å². The molecule has 3 rings (SSSR count). The lowest BCUT2D eigenvalue weighted by atomic mass is 9.96. The second kappa shape index (κ2) is 5.51. The molecule has 0 aliphatic carbocycles. The third-order valence-corrected chi connectivity index (χ3v) is 5.02. The Morgan fingerprint density at radius 1 is 1.36 bits per heavy atom. The van der Waals surface area contributed by atoms with Gasteiger partial charge in [-0.25, -0.2) is 4.98 Å². The van der Waals surface area contributed by atoms with Crippen LogP contribution in [0.1, 0.15) is 32.5 Å². The van der Waals surface area contributed by atoms with E-state index in [0.29, 0.717) is 27.3 Å². The number of rotatable bonds is 3.